The Hall–Kier alpha value is -2.32. The summed E-state index contributed by atoms with van der Waals surface area (Å²) in [6, 6.07) is 8.31. The van der Waals surface area contributed by atoms with Crippen LogP contribution in [0.15, 0.2) is 35.4 Å². The highest BCUT2D eigenvalue weighted by molar-refractivity contribution is 8.00. The monoisotopic (exact) mass is 429 g/mol. The number of carbonyl (C=O) groups excluding carboxylic acids is 2. The Morgan fingerprint density at radius 2 is 2.07 bits per heavy atom. The largest absolute Gasteiger partial charge is 0.353 e. The van der Waals surface area contributed by atoms with Gasteiger partial charge in [0.15, 0.2) is 5.78 Å². The van der Waals surface area contributed by atoms with E-state index in [-0.39, 0.29) is 29.2 Å². The van der Waals surface area contributed by atoms with Gasteiger partial charge in [-0.2, -0.15) is 0 Å². The van der Waals surface area contributed by atoms with Crippen molar-refractivity contribution in [3.8, 4) is 0 Å². The highest BCUT2D eigenvalue weighted by atomic mass is 32.2. The first-order chi connectivity index (χ1) is 13.9. The van der Waals surface area contributed by atoms with Gasteiger partial charge in [0.25, 0.3) is 0 Å². The lowest BCUT2D eigenvalue weighted by atomic mass is 10.1. The average Bonchev–Trinajstić information content (AvgIpc) is 3.37. The molecule has 1 amide bonds. The number of nitrogens with zero attached hydrogens (tertiary/aromatic N) is 2. The molecule has 0 bridgehead atoms. The molecule has 1 aliphatic carbocycles. The molecule has 1 unspecified atom stereocenters. The number of carbonyl (C=O) groups is 2. The number of halogens is 1. The van der Waals surface area contributed by atoms with E-state index in [0.29, 0.717) is 32.7 Å². The third-order valence-corrected chi connectivity index (χ3v) is 7.02. The van der Waals surface area contributed by atoms with E-state index in [1.54, 1.807) is 19.1 Å². The Bertz CT molecular complexity index is 1090. The molecule has 1 aromatic carbocycles. The van der Waals surface area contributed by atoms with E-state index in [2.05, 4.69) is 15.3 Å². The maximum Gasteiger partial charge on any atom is 0.228 e. The summed E-state index contributed by atoms with van der Waals surface area (Å²) in [6.45, 7) is 3.63. The molecule has 1 saturated carbocycles. The van der Waals surface area contributed by atoms with Crippen LogP contribution in [0.5, 0.6) is 0 Å². The molecule has 29 heavy (non-hydrogen) atoms. The molecule has 2 aromatic heterocycles. The van der Waals surface area contributed by atoms with Crippen LogP contribution >= 0.6 is 23.1 Å². The first-order valence-electron chi connectivity index (χ1n) is 9.40. The zero-order chi connectivity index (χ0) is 20.5. The quantitative estimate of drug-likeness (QED) is 0.340. The number of aryl methyl sites for hydroxylation is 1. The van der Waals surface area contributed by atoms with Gasteiger partial charge in [0, 0.05) is 16.3 Å². The molecule has 0 aliphatic heterocycles. The number of rotatable bonds is 7. The lowest BCUT2D eigenvalue weighted by Crippen LogP contribution is -2.29. The molecular weight excluding hydrogens is 409 g/mol. The van der Waals surface area contributed by atoms with Crippen molar-refractivity contribution >= 4 is 45.7 Å². The van der Waals surface area contributed by atoms with E-state index < -0.39 is 0 Å². The molecule has 0 radical (unpaired) electrons. The summed E-state index contributed by atoms with van der Waals surface area (Å²) >= 11 is 2.63. The average molecular weight is 430 g/mol. The summed E-state index contributed by atoms with van der Waals surface area (Å²) in [7, 11) is 0. The fraction of sp³-hybridized carbons (Fsp3) is 0.333. The minimum Gasteiger partial charge on any atom is -0.353 e. The summed E-state index contributed by atoms with van der Waals surface area (Å²) in [6.07, 6.45) is 2.09. The Balaban J connectivity index is 1.45. The van der Waals surface area contributed by atoms with Crippen LogP contribution in [-0.4, -0.2) is 33.5 Å². The van der Waals surface area contributed by atoms with Crippen molar-refractivity contribution < 1.29 is 14.0 Å². The van der Waals surface area contributed by atoms with Crippen LogP contribution < -0.4 is 5.32 Å². The number of ketones is 1. The van der Waals surface area contributed by atoms with Gasteiger partial charge in [0.1, 0.15) is 16.7 Å². The number of Topliss-reactive ketones (excluding diaryl/α,β-unsaturated/α-hetero) is 1. The molecule has 1 fully saturated rings. The molecule has 1 atom stereocenters. The minimum atomic E-state index is -0.362. The second-order valence-electron chi connectivity index (χ2n) is 7.16. The number of benzene rings is 1. The first-order valence-corrected chi connectivity index (χ1v) is 11.2. The van der Waals surface area contributed by atoms with Gasteiger partial charge in [-0.15, -0.1) is 11.3 Å². The van der Waals surface area contributed by atoms with E-state index in [9.17, 15) is 14.0 Å². The standard InChI is InChI=1S/C21H20FN3O2S2/c1-11(20(27)25-14-4-5-14)18-7-8-19(29-18)17(26)10-28-21-15-9-13(22)3-6-16(15)23-12(2)24-21/h3,6-9,11,14H,4-5,10H2,1-2H3,(H,25,27). The van der Waals surface area contributed by atoms with E-state index in [1.807, 2.05) is 13.0 Å². The summed E-state index contributed by atoms with van der Waals surface area (Å²) in [4.78, 5) is 35.1. The molecule has 4 rings (SSSR count). The summed E-state index contributed by atoms with van der Waals surface area (Å²) in [5.41, 5.74) is 0.655. The van der Waals surface area contributed by atoms with Gasteiger partial charge in [-0.05, 0) is 57.0 Å². The zero-order valence-corrected chi connectivity index (χ0v) is 17.7. The molecule has 1 N–H and O–H groups in total. The van der Waals surface area contributed by atoms with Crippen LogP contribution in [0.25, 0.3) is 10.9 Å². The van der Waals surface area contributed by atoms with E-state index in [1.165, 1.54) is 35.2 Å². The predicted molar refractivity (Wildman–Crippen MR) is 113 cm³/mol. The zero-order valence-electron chi connectivity index (χ0n) is 16.1. The summed E-state index contributed by atoms with van der Waals surface area (Å²) in [5, 5.41) is 4.19. The molecule has 5 nitrogen and oxygen atoms in total. The highest BCUT2D eigenvalue weighted by Gasteiger charge is 2.27. The van der Waals surface area contributed by atoms with Crippen molar-refractivity contribution in [3.63, 3.8) is 0 Å². The Morgan fingerprint density at radius 3 is 2.83 bits per heavy atom. The summed E-state index contributed by atoms with van der Waals surface area (Å²) in [5.74, 6) is 0.0956. The van der Waals surface area contributed by atoms with Crippen molar-refractivity contribution in [2.75, 3.05) is 5.75 Å². The van der Waals surface area contributed by atoms with Gasteiger partial charge in [-0.3, -0.25) is 9.59 Å². The number of thioether (sulfide) groups is 1. The number of nitrogens with one attached hydrogen (secondary N) is 1. The normalized spacial score (nSPS) is 14.7. The fourth-order valence-corrected chi connectivity index (χ4v) is 4.94. The number of hydrogen-bond donors (Lipinski definition) is 1. The molecule has 8 heteroatoms. The van der Waals surface area contributed by atoms with Gasteiger partial charge in [0.05, 0.1) is 22.1 Å². The lowest BCUT2D eigenvalue weighted by molar-refractivity contribution is -0.122. The maximum atomic E-state index is 13.6. The van der Waals surface area contributed by atoms with E-state index in [0.717, 1.165) is 17.7 Å². The van der Waals surface area contributed by atoms with Crippen molar-refractivity contribution in [2.45, 2.75) is 43.7 Å². The fourth-order valence-electron chi connectivity index (χ4n) is 2.92. The van der Waals surface area contributed by atoms with Crippen LogP contribution in [0.2, 0.25) is 0 Å². The maximum absolute atomic E-state index is 13.6. The molecule has 1 aliphatic rings. The van der Waals surface area contributed by atoms with Gasteiger partial charge >= 0.3 is 0 Å². The number of hydrogen-bond acceptors (Lipinski definition) is 6. The third kappa shape index (κ3) is 4.64. The molecule has 2 heterocycles. The second kappa shape index (κ2) is 8.20. The van der Waals surface area contributed by atoms with Crippen molar-refractivity contribution in [3.05, 3.63) is 51.7 Å². The molecule has 0 spiro atoms. The minimum absolute atomic E-state index is 0.00711. The van der Waals surface area contributed by atoms with Crippen LogP contribution in [-0.2, 0) is 4.79 Å². The van der Waals surface area contributed by atoms with Gasteiger partial charge in [-0.1, -0.05) is 11.8 Å². The molecule has 150 valence electrons. The van der Waals surface area contributed by atoms with Crippen LogP contribution in [0.1, 0.15) is 46.1 Å². The number of thiophene rings is 1. The number of aromatic nitrogens is 2. The van der Waals surface area contributed by atoms with Crippen molar-refractivity contribution in [1.29, 1.82) is 0 Å². The van der Waals surface area contributed by atoms with Crippen LogP contribution in [0.4, 0.5) is 4.39 Å². The van der Waals surface area contributed by atoms with Crippen LogP contribution in [0, 0.1) is 12.7 Å². The lowest BCUT2D eigenvalue weighted by Gasteiger charge is -2.09. The molecule has 0 saturated heterocycles. The molecular formula is C21H20FN3O2S2. The van der Waals surface area contributed by atoms with E-state index >= 15 is 0 Å². The smallest absolute Gasteiger partial charge is 0.228 e. The van der Waals surface area contributed by atoms with Crippen molar-refractivity contribution in [2.24, 2.45) is 0 Å². The Labute approximate surface area is 176 Å². The second-order valence-corrected chi connectivity index (χ2v) is 9.24. The van der Waals surface area contributed by atoms with Gasteiger partial charge in [0.2, 0.25) is 5.91 Å². The van der Waals surface area contributed by atoms with Crippen molar-refractivity contribution in [1.82, 2.24) is 15.3 Å². The highest BCUT2D eigenvalue weighted by Crippen LogP contribution is 2.30. The number of amides is 1. The Kier molecular flexibility index (Phi) is 5.65. The van der Waals surface area contributed by atoms with Gasteiger partial charge < -0.3 is 5.32 Å². The topological polar surface area (TPSA) is 72.0 Å². The number of fused-ring (bicyclic) bond motifs is 1. The predicted octanol–water partition coefficient (Wildman–Crippen LogP) is 4.50. The molecule has 3 aromatic rings. The third-order valence-electron chi connectivity index (χ3n) is 4.72. The summed E-state index contributed by atoms with van der Waals surface area (Å²) < 4.78 is 13.6. The van der Waals surface area contributed by atoms with Gasteiger partial charge in [-0.25, -0.2) is 14.4 Å². The SMILES string of the molecule is Cc1nc(SCC(=O)c2ccc(C(C)C(=O)NC3CC3)s2)c2cc(F)ccc2n1. The Morgan fingerprint density at radius 1 is 1.28 bits per heavy atom. The first kappa shape index (κ1) is 20.0. The van der Waals surface area contributed by atoms with Crippen LogP contribution in [0.3, 0.4) is 0 Å². The van der Waals surface area contributed by atoms with E-state index in [4.69, 9.17) is 0 Å².